The summed E-state index contributed by atoms with van der Waals surface area (Å²) < 4.78 is 9.41. The fourth-order valence-corrected chi connectivity index (χ4v) is 8.65. The summed E-state index contributed by atoms with van der Waals surface area (Å²) >= 11 is 0. The van der Waals surface area contributed by atoms with E-state index in [2.05, 4.69) is 136 Å². The van der Waals surface area contributed by atoms with Gasteiger partial charge < -0.3 is 14.5 Å². The Morgan fingerprint density at radius 2 is 1.42 bits per heavy atom. The Hall–Kier alpha value is -5.62. The Labute approximate surface area is 248 Å². The van der Waals surface area contributed by atoms with Crippen LogP contribution in [0.5, 0.6) is 11.5 Å². The topological polar surface area (TPSA) is 35.7 Å². The van der Waals surface area contributed by atoms with Crippen molar-refractivity contribution >= 4 is 34.4 Å². The molecule has 0 bridgehead atoms. The molecule has 0 saturated heterocycles. The van der Waals surface area contributed by atoms with Gasteiger partial charge in [0.2, 0.25) is 5.54 Å². The lowest BCUT2D eigenvalue weighted by atomic mass is 9.75. The first-order chi connectivity index (χ1) is 21.3. The van der Waals surface area contributed by atoms with Crippen molar-refractivity contribution in [3.8, 4) is 33.8 Å². The van der Waals surface area contributed by atoms with E-state index in [0.717, 1.165) is 40.2 Å². The van der Waals surface area contributed by atoms with Gasteiger partial charge in [-0.1, -0.05) is 54.6 Å². The van der Waals surface area contributed by atoms with Crippen molar-refractivity contribution in [1.82, 2.24) is 4.98 Å². The molecule has 2 unspecified atom stereocenters. The first-order valence-electron chi connectivity index (χ1n) is 14.7. The monoisotopic (exact) mass is 554 g/mol. The number of ether oxygens (including phenoxy) is 1. The van der Waals surface area contributed by atoms with Crippen LogP contribution in [-0.4, -0.2) is 18.2 Å². The van der Waals surface area contributed by atoms with E-state index in [1.165, 1.54) is 39.1 Å². The molecule has 11 rings (SSSR count). The minimum absolute atomic E-state index is 0.0928. The van der Waals surface area contributed by atoms with Crippen LogP contribution in [0.4, 0.5) is 34.4 Å². The summed E-state index contributed by atoms with van der Waals surface area (Å²) in [5.41, 5.74) is 11.3. The average Bonchev–Trinajstić information content (AvgIpc) is 3.49. The highest BCUT2D eigenvalue weighted by molar-refractivity contribution is 6.05. The van der Waals surface area contributed by atoms with Gasteiger partial charge in [-0.25, -0.2) is 9.55 Å². The lowest BCUT2D eigenvalue weighted by Crippen LogP contribution is -2.70. The van der Waals surface area contributed by atoms with Gasteiger partial charge in [0, 0.05) is 30.4 Å². The minimum atomic E-state index is -0.609. The van der Waals surface area contributed by atoms with Crippen molar-refractivity contribution in [3.05, 3.63) is 133 Å². The van der Waals surface area contributed by atoms with E-state index < -0.39 is 5.54 Å². The van der Waals surface area contributed by atoms with Crippen LogP contribution in [0, 0.1) is 0 Å². The fraction of sp³-hybridized carbons (Fsp3) is 0.0811. The zero-order valence-corrected chi connectivity index (χ0v) is 23.3. The summed E-state index contributed by atoms with van der Waals surface area (Å²) in [4.78, 5) is 12.2. The number of hydrogen-bond acceptors (Lipinski definition) is 5. The number of rotatable bonds is 0. The van der Waals surface area contributed by atoms with Gasteiger partial charge >= 0.3 is 0 Å². The predicted molar refractivity (Wildman–Crippen MR) is 167 cm³/mol. The van der Waals surface area contributed by atoms with Crippen LogP contribution < -0.4 is 24.0 Å². The molecule has 2 atom stereocenters. The van der Waals surface area contributed by atoms with Crippen LogP contribution in [-0.2, 0) is 5.54 Å². The Bertz CT molecular complexity index is 2240. The Morgan fingerprint density at radius 3 is 2.33 bits per heavy atom. The van der Waals surface area contributed by atoms with Gasteiger partial charge in [0.15, 0.2) is 17.7 Å². The Balaban J connectivity index is 1.37. The second-order valence-corrected chi connectivity index (χ2v) is 11.9. The van der Waals surface area contributed by atoms with Crippen LogP contribution >= 0.6 is 0 Å². The molecular weight excluding hydrogens is 530 g/mol. The van der Waals surface area contributed by atoms with Gasteiger partial charge in [0.05, 0.1) is 28.7 Å². The fourth-order valence-electron chi connectivity index (χ4n) is 8.65. The molecule has 0 fully saturated rings. The second-order valence-electron chi connectivity index (χ2n) is 11.9. The first kappa shape index (κ1) is 22.0. The van der Waals surface area contributed by atoms with Crippen LogP contribution in [0.1, 0.15) is 11.1 Å². The molecule has 0 amide bonds. The molecule has 5 aliphatic heterocycles. The normalized spacial score (nSPS) is 20.1. The number of nitrogens with zero attached hydrogens (tertiary/aromatic N) is 5. The maximum absolute atomic E-state index is 6.90. The van der Waals surface area contributed by atoms with Crippen molar-refractivity contribution in [1.29, 1.82) is 0 Å². The number of aromatic nitrogens is 2. The average molecular weight is 555 g/mol. The number of likely N-dealkylation sites (N-methyl/N-ethyl adjacent to an activating group) is 1. The number of para-hydroxylation sites is 1. The second kappa shape index (κ2) is 7.23. The molecule has 6 aromatic rings. The predicted octanol–water partition coefficient (Wildman–Crippen LogP) is 7.62. The summed E-state index contributed by atoms with van der Waals surface area (Å²) in [7, 11) is 2.19. The van der Waals surface area contributed by atoms with E-state index in [0.29, 0.717) is 0 Å². The smallest absolute Gasteiger partial charge is 0.288 e. The molecular formula is C37H24N5O+. The first-order valence-corrected chi connectivity index (χ1v) is 14.7. The van der Waals surface area contributed by atoms with Crippen molar-refractivity contribution in [2.24, 2.45) is 0 Å². The standard InChI is InChI=1S/C37H24N5O/c1-39-35-28(15-9-20-38-35)41-27-14-8-16-29-32(27)37(36(39)41)33-30(43-29)19-18-25-23-11-3-2-10-22(23)24-12-4-5-13-26(24)42(34(25)33)31-17-6-7-21-40(31)37/h2-21,36H,1H3/q+1. The van der Waals surface area contributed by atoms with Crippen LogP contribution in [0.15, 0.2) is 122 Å². The number of pyridine rings is 2. The van der Waals surface area contributed by atoms with Gasteiger partial charge in [0.25, 0.3) is 5.82 Å². The molecule has 1 spiro atoms. The van der Waals surface area contributed by atoms with Gasteiger partial charge in [-0.3, -0.25) is 0 Å². The van der Waals surface area contributed by atoms with E-state index in [4.69, 9.17) is 9.72 Å². The lowest BCUT2D eigenvalue weighted by Gasteiger charge is -2.46. The molecule has 43 heavy (non-hydrogen) atoms. The minimum Gasteiger partial charge on any atom is -0.456 e. The van der Waals surface area contributed by atoms with E-state index in [1.807, 2.05) is 12.3 Å². The largest absolute Gasteiger partial charge is 0.456 e. The van der Waals surface area contributed by atoms with E-state index >= 15 is 0 Å². The zero-order chi connectivity index (χ0) is 28.0. The van der Waals surface area contributed by atoms with Crippen molar-refractivity contribution in [2.45, 2.75) is 11.7 Å². The zero-order valence-electron chi connectivity index (χ0n) is 23.3. The van der Waals surface area contributed by atoms with Crippen molar-refractivity contribution in [3.63, 3.8) is 0 Å². The molecule has 6 nitrogen and oxygen atoms in total. The molecule has 5 aliphatic rings. The summed E-state index contributed by atoms with van der Waals surface area (Å²) in [6, 6.07) is 39.3. The van der Waals surface area contributed by atoms with Crippen LogP contribution in [0.2, 0.25) is 0 Å². The number of anilines is 6. The quantitative estimate of drug-likeness (QED) is 0.180. The molecule has 0 saturated carbocycles. The van der Waals surface area contributed by atoms with Gasteiger partial charge in [-0.05, 0) is 59.7 Å². The third kappa shape index (κ3) is 2.28. The van der Waals surface area contributed by atoms with Crippen molar-refractivity contribution < 1.29 is 9.30 Å². The number of fused-ring (bicyclic) bond motifs is 11. The maximum atomic E-state index is 6.90. The lowest BCUT2D eigenvalue weighted by molar-refractivity contribution is -0.735. The van der Waals surface area contributed by atoms with E-state index in [1.54, 1.807) is 0 Å². The molecule has 0 N–H and O–H groups in total. The molecule has 7 heterocycles. The Kier molecular flexibility index (Phi) is 3.70. The summed E-state index contributed by atoms with van der Waals surface area (Å²) in [6.45, 7) is 0. The molecule has 2 aromatic heterocycles. The molecule has 0 radical (unpaired) electrons. The third-order valence-corrected chi connectivity index (χ3v) is 10.1. The van der Waals surface area contributed by atoms with Gasteiger partial charge in [-0.15, -0.1) is 0 Å². The number of benzene rings is 4. The summed E-state index contributed by atoms with van der Waals surface area (Å²) in [5, 5.41) is 0. The summed E-state index contributed by atoms with van der Waals surface area (Å²) in [5.74, 6) is 3.91. The molecule has 4 aromatic carbocycles. The van der Waals surface area contributed by atoms with E-state index in [9.17, 15) is 0 Å². The molecule has 202 valence electrons. The molecule has 6 heteroatoms. The third-order valence-electron chi connectivity index (χ3n) is 10.1. The highest BCUT2D eigenvalue weighted by Crippen LogP contribution is 2.68. The van der Waals surface area contributed by atoms with E-state index in [-0.39, 0.29) is 6.17 Å². The van der Waals surface area contributed by atoms with Crippen LogP contribution in [0.3, 0.4) is 0 Å². The van der Waals surface area contributed by atoms with Crippen molar-refractivity contribution in [2.75, 3.05) is 21.7 Å². The highest BCUT2D eigenvalue weighted by Gasteiger charge is 2.70. The van der Waals surface area contributed by atoms with Gasteiger partial charge in [0.1, 0.15) is 17.2 Å². The molecule has 0 aliphatic carbocycles. The highest BCUT2D eigenvalue weighted by atomic mass is 16.5. The maximum Gasteiger partial charge on any atom is 0.288 e. The van der Waals surface area contributed by atoms with Gasteiger partial charge in [-0.2, -0.15) is 4.90 Å². The Morgan fingerprint density at radius 1 is 0.674 bits per heavy atom. The summed E-state index contributed by atoms with van der Waals surface area (Å²) in [6.07, 6.45) is 4.06. The SMILES string of the molecule is CN1c2ncccc2N2c3cccc4c3C3(c5c(ccc6c5N(c5ccccc5-c5ccccc5-6)c5cccc[n+]53)O4)C12. The number of hydrogen-bond donors (Lipinski definition) is 0. The van der Waals surface area contributed by atoms with Crippen LogP contribution in [0.25, 0.3) is 22.3 Å².